The summed E-state index contributed by atoms with van der Waals surface area (Å²) in [6, 6.07) is 27.9. The van der Waals surface area contributed by atoms with Crippen LogP contribution in [0.2, 0.25) is 0 Å². The standard InChI is InChI=1S/C36H51S.C11H16O2/c1-4-7-10-15-22-31-29-32(23-16-11-8-5-2)36(33(30-31)24-17-12-9-6-3)37(34-25-18-13-19-26-34)35-27-20-14-21-28-35;12-10(13)11-4-7-1-8(5-11)3-9(2-7)6-11/h13-14,18-21,25-30H,4-12,15-17,22-24H2,1-3H3;7-9H,1-6H2,(H,12,13)/q+1;/p-1. The van der Waals surface area contributed by atoms with Gasteiger partial charge in [-0.1, -0.05) is 127 Å². The van der Waals surface area contributed by atoms with Gasteiger partial charge in [-0.25, -0.2) is 0 Å². The Morgan fingerprint density at radius 1 is 0.600 bits per heavy atom. The zero-order valence-electron chi connectivity index (χ0n) is 31.7. The Bertz CT molecular complexity index is 1320. The molecule has 7 rings (SSSR count). The maximum absolute atomic E-state index is 11.1. The van der Waals surface area contributed by atoms with E-state index >= 15 is 0 Å². The molecule has 0 saturated heterocycles. The van der Waals surface area contributed by atoms with Crippen molar-refractivity contribution in [2.24, 2.45) is 23.2 Å². The number of aryl methyl sites for hydroxylation is 3. The van der Waals surface area contributed by atoms with Crippen LogP contribution in [0, 0.1) is 23.2 Å². The van der Waals surface area contributed by atoms with E-state index in [2.05, 4.69) is 93.6 Å². The molecule has 4 fully saturated rings. The SMILES string of the molecule is CCCCCCc1cc(CCCCCC)c([S+](c2ccccc2)c2ccccc2)c(CCCCCC)c1.O=C([O-])C12CC3CC(CC(C3)C1)C2. The zero-order chi connectivity index (χ0) is 35.2. The van der Waals surface area contributed by atoms with Crippen LogP contribution in [-0.2, 0) is 35.0 Å². The second-order valence-electron chi connectivity index (χ2n) is 16.1. The maximum atomic E-state index is 11.1. The lowest BCUT2D eigenvalue weighted by molar-refractivity contribution is -0.327. The van der Waals surface area contributed by atoms with Crippen LogP contribution in [0.3, 0.4) is 0 Å². The quantitative estimate of drug-likeness (QED) is 0.0925. The molecule has 2 nitrogen and oxygen atoms in total. The summed E-state index contributed by atoms with van der Waals surface area (Å²) >= 11 is 0. The highest BCUT2D eigenvalue weighted by Gasteiger charge is 2.51. The Kier molecular flexibility index (Phi) is 15.4. The van der Waals surface area contributed by atoms with E-state index in [4.69, 9.17) is 0 Å². The molecule has 50 heavy (non-hydrogen) atoms. The van der Waals surface area contributed by atoms with Gasteiger partial charge >= 0.3 is 0 Å². The molecule has 3 aromatic carbocycles. The van der Waals surface area contributed by atoms with Crippen molar-refractivity contribution in [3.8, 4) is 0 Å². The van der Waals surface area contributed by atoms with E-state index in [0.717, 1.165) is 19.3 Å². The van der Waals surface area contributed by atoms with Crippen molar-refractivity contribution in [2.45, 2.75) is 170 Å². The molecule has 0 unspecified atom stereocenters. The molecule has 0 aliphatic heterocycles. The fourth-order valence-electron chi connectivity index (χ4n) is 9.69. The first-order valence-corrected chi connectivity index (χ1v) is 21.9. The molecule has 4 aliphatic rings. The van der Waals surface area contributed by atoms with Crippen molar-refractivity contribution in [3.05, 3.63) is 89.5 Å². The van der Waals surface area contributed by atoms with Gasteiger partial charge < -0.3 is 9.90 Å². The van der Waals surface area contributed by atoms with Gasteiger partial charge in [0.15, 0.2) is 14.7 Å². The molecule has 0 N–H and O–H groups in total. The van der Waals surface area contributed by atoms with Crippen LogP contribution in [-0.4, -0.2) is 5.97 Å². The van der Waals surface area contributed by atoms with Crippen LogP contribution in [0.1, 0.15) is 153 Å². The third-order valence-electron chi connectivity index (χ3n) is 11.9. The van der Waals surface area contributed by atoms with Gasteiger partial charge in [0.2, 0.25) is 0 Å². The van der Waals surface area contributed by atoms with Crippen molar-refractivity contribution >= 4 is 16.9 Å². The molecule has 4 aliphatic carbocycles. The number of unbranched alkanes of at least 4 members (excludes halogenated alkanes) is 9. The number of carboxylic acids is 1. The first-order chi connectivity index (χ1) is 24.5. The summed E-state index contributed by atoms with van der Waals surface area (Å²) in [6.45, 7) is 6.95. The van der Waals surface area contributed by atoms with Crippen LogP contribution in [0.25, 0.3) is 0 Å². The van der Waals surface area contributed by atoms with Crippen molar-refractivity contribution in [1.29, 1.82) is 0 Å². The number of hydrogen-bond acceptors (Lipinski definition) is 2. The number of aliphatic carboxylic acids is 1. The van der Waals surface area contributed by atoms with Gasteiger partial charge in [-0.3, -0.25) is 0 Å². The van der Waals surface area contributed by atoms with Crippen LogP contribution < -0.4 is 5.11 Å². The number of benzene rings is 3. The molecule has 0 spiro atoms. The van der Waals surface area contributed by atoms with E-state index in [0.29, 0.717) is 17.8 Å². The molecular weight excluding hydrogens is 629 g/mol. The number of rotatable bonds is 19. The number of hydrogen-bond donors (Lipinski definition) is 0. The maximum Gasteiger partial charge on any atom is 0.172 e. The molecule has 3 heteroatoms. The Balaban J connectivity index is 0.000000306. The van der Waals surface area contributed by atoms with Gasteiger partial charge in [0, 0.05) is 22.5 Å². The zero-order valence-corrected chi connectivity index (χ0v) is 32.6. The van der Waals surface area contributed by atoms with Crippen LogP contribution in [0.5, 0.6) is 0 Å². The molecule has 0 atom stereocenters. The van der Waals surface area contributed by atoms with Gasteiger partial charge in [-0.2, -0.15) is 0 Å². The summed E-state index contributed by atoms with van der Waals surface area (Å²) in [5.74, 6) is 1.38. The van der Waals surface area contributed by atoms with Gasteiger partial charge in [-0.05, 0) is 125 Å². The summed E-state index contributed by atoms with van der Waals surface area (Å²) in [5.41, 5.74) is 4.45. The molecule has 3 aromatic rings. The van der Waals surface area contributed by atoms with E-state index in [1.54, 1.807) is 21.6 Å². The lowest BCUT2D eigenvalue weighted by atomic mass is 9.49. The van der Waals surface area contributed by atoms with Crippen LogP contribution in [0.4, 0.5) is 0 Å². The lowest BCUT2D eigenvalue weighted by Crippen LogP contribution is -2.54. The molecule has 0 amide bonds. The third-order valence-corrected chi connectivity index (χ3v) is 14.3. The topological polar surface area (TPSA) is 40.1 Å². The predicted molar refractivity (Wildman–Crippen MR) is 211 cm³/mol. The fourth-order valence-corrected chi connectivity index (χ4v) is 12.1. The number of carbonyl (C=O) groups excluding carboxylic acids is 1. The summed E-state index contributed by atoms with van der Waals surface area (Å²) in [4.78, 5) is 15.7. The largest absolute Gasteiger partial charge is 0.550 e. The normalized spacial score (nSPS) is 22.0. The molecule has 4 saturated carbocycles. The molecule has 4 bridgehead atoms. The van der Waals surface area contributed by atoms with Gasteiger partial charge in [0.25, 0.3) is 0 Å². The van der Waals surface area contributed by atoms with E-state index < -0.39 is 11.4 Å². The minimum Gasteiger partial charge on any atom is -0.550 e. The Labute approximate surface area is 308 Å². The van der Waals surface area contributed by atoms with Gasteiger partial charge in [-0.15, -0.1) is 0 Å². The second-order valence-corrected chi connectivity index (χ2v) is 18.1. The fraction of sp³-hybridized carbons (Fsp3) is 0.596. The minimum atomic E-state index is -0.758. The van der Waals surface area contributed by atoms with Crippen molar-refractivity contribution in [1.82, 2.24) is 0 Å². The number of carbonyl (C=O) groups is 1. The molecule has 272 valence electrons. The molecule has 0 radical (unpaired) electrons. The highest BCUT2D eigenvalue weighted by Crippen LogP contribution is 2.59. The van der Waals surface area contributed by atoms with E-state index in [-0.39, 0.29) is 10.9 Å². The molecular formula is C47H66O2S. The Morgan fingerprint density at radius 2 is 1.00 bits per heavy atom. The summed E-state index contributed by atoms with van der Waals surface area (Å²) in [5, 5.41) is 11.1. The minimum absolute atomic E-state index is 0.0692. The van der Waals surface area contributed by atoms with Crippen LogP contribution >= 0.6 is 0 Å². The van der Waals surface area contributed by atoms with Crippen molar-refractivity contribution in [2.75, 3.05) is 0 Å². The molecule has 0 aromatic heterocycles. The summed E-state index contributed by atoms with van der Waals surface area (Å²) < 4.78 is 0. The Morgan fingerprint density at radius 3 is 1.38 bits per heavy atom. The number of carboxylic acid groups (broad SMARTS) is 1. The first kappa shape index (κ1) is 38.7. The van der Waals surface area contributed by atoms with E-state index in [1.165, 1.54) is 125 Å². The van der Waals surface area contributed by atoms with Crippen LogP contribution in [0.15, 0.2) is 87.5 Å². The molecule has 0 heterocycles. The highest BCUT2D eigenvalue weighted by atomic mass is 32.2. The predicted octanol–water partition coefficient (Wildman–Crippen LogP) is 12.1. The summed E-state index contributed by atoms with van der Waals surface area (Å²) in [7, 11) is -0.0692. The average Bonchev–Trinajstić information content (AvgIpc) is 3.12. The average molecular weight is 695 g/mol. The monoisotopic (exact) mass is 694 g/mol. The van der Waals surface area contributed by atoms with Gasteiger partial charge in [0.1, 0.15) is 0 Å². The lowest BCUT2D eigenvalue weighted by Gasteiger charge is -2.57. The smallest absolute Gasteiger partial charge is 0.172 e. The Hall–Kier alpha value is -2.52. The highest BCUT2D eigenvalue weighted by molar-refractivity contribution is 7.97. The first-order valence-electron chi connectivity index (χ1n) is 20.7. The van der Waals surface area contributed by atoms with E-state index in [9.17, 15) is 9.90 Å². The second kappa shape index (κ2) is 19.9. The van der Waals surface area contributed by atoms with E-state index in [1.807, 2.05) is 0 Å². The van der Waals surface area contributed by atoms with Crippen molar-refractivity contribution in [3.63, 3.8) is 0 Å². The van der Waals surface area contributed by atoms with Gasteiger partial charge in [0.05, 0.1) is 10.9 Å². The summed E-state index contributed by atoms with van der Waals surface area (Å²) in [6.07, 6.45) is 26.2. The van der Waals surface area contributed by atoms with Crippen molar-refractivity contribution < 1.29 is 9.90 Å². The third kappa shape index (κ3) is 10.5.